The van der Waals surface area contributed by atoms with Crippen LogP contribution in [-0.2, 0) is 16.4 Å². The van der Waals surface area contributed by atoms with Crippen LogP contribution in [0.2, 0.25) is 10.0 Å². The van der Waals surface area contributed by atoms with E-state index in [-0.39, 0.29) is 4.90 Å². The van der Waals surface area contributed by atoms with Crippen LogP contribution in [0.25, 0.3) is 20.8 Å². The Morgan fingerprint density at radius 3 is 2.47 bits per heavy atom. The number of hydrogen-bond donors (Lipinski definition) is 1. The first-order valence-electron chi connectivity index (χ1n) is 9.33. The van der Waals surface area contributed by atoms with E-state index in [1.165, 1.54) is 11.3 Å². The first kappa shape index (κ1) is 21.1. The summed E-state index contributed by atoms with van der Waals surface area (Å²) in [5.41, 5.74) is 3.08. The van der Waals surface area contributed by atoms with Crippen molar-refractivity contribution in [3.05, 3.63) is 76.3 Å². The molecule has 8 heteroatoms. The summed E-state index contributed by atoms with van der Waals surface area (Å²) in [5.74, 6) is 0. The summed E-state index contributed by atoms with van der Waals surface area (Å²) in [6.07, 6.45) is 1.93. The standard InChI is InChI=1S/C22H18Cl2N2O2S2/c1-2-3-14-4-8-17(9-5-14)30(27,28)26-16-7-10-18(19(24)13-16)22-25-20-11-6-15(23)12-21(20)29-22/h4-13,26H,2-3H2,1H3. The van der Waals surface area contributed by atoms with Crippen molar-refractivity contribution >= 4 is 60.5 Å². The second-order valence-electron chi connectivity index (χ2n) is 6.83. The number of hydrogen-bond acceptors (Lipinski definition) is 4. The van der Waals surface area contributed by atoms with Crippen LogP contribution in [0.3, 0.4) is 0 Å². The molecule has 0 unspecified atom stereocenters. The summed E-state index contributed by atoms with van der Waals surface area (Å²) in [6, 6.07) is 17.5. The monoisotopic (exact) mass is 476 g/mol. The molecular formula is C22H18Cl2N2O2S2. The zero-order valence-electron chi connectivity index (χ0n) is 16.0. The normalized spacial score (nSPS) is 11.7. The first-order chi connectivity index (χ1) is 14.4. The van der Waals surface area contributed by atoms with Crippen molar-refractivity contribution < 1.29 is 8.42 Å². The summed E-state index contributed by atoms with van der Waals surface area (Å²) >= 11 is 14.0. The molecule has 0 saturated carbocycles. The largest absolute Gasteiger partial charge is 0.280 e. The highest BCUT2D eigenvalue weighted by Crippen LogP contribution is 2.36. The van der Waals surface area contributed by atoms with Crippen molar-refractivity contribution in [2.24, 2.45) is 0 Å². The number of thiazole rings is 1. The summed E-state index contributed by atoms with van der Waals surface area (Å²) in [4.78, 5) is 4.81. The highest BCUT2D eigenvalue weighted by Gasteiger charge is 2.16. The Morgan fingerprint density at radius 2 is 1.77 bits per heavy atom. The molecule has 1 N–H and O–H groups in total. The lowest BCUT2D eigenvalue weighted by Gasteiger charge is -2.10. The quantitative estimate of drug-likeness (QED) is 0.325. The lowest BCUT2D eigenvalue weighted by atomic mass is 10.1. The van der Waals surface area contributed by atoms with E-state index >= 15 is 0 Å². The van der Waals surface area contributed by atoms with Crippen LogP contribution >= 0.6 is 34.5 Å². The first-order valence-corrected chi connectivity index (χ1v) is 12.4. The van der Waals surface area contributed by atoms with Gasteiger partial charge >= 0.3 is 0 Å². The molecule has 4 nitrogen and oxygen atoms in total. The highest BCUT2D eigenvalue weighted by atomic mass is 35.5. The fraction of sp³-hybridized carbons (Fsp3) is 0.136. The molecule has 0 radical (unpaired) electrons. The van der Waals surface area contributed by atoms with Crippen molar-refractivity contribution in [3.63, 3.8) is 0 Å². The van der Waals surface area contributed by atoms with Gasteiger partial charge in [-0.1, -0.05) is 48.7 Å². The third-order valence-corrected chi connectivity index (χ3v) is 7.57. The molecule has 0 bridgehead atoms. The van der Waals surface area contributed by atoms with Gasteiger partial charge in [0.1, 0.15) is 5.01 Å². The third kappa shape index (κ3) is 4.47. The molecule has 1 heterocycles. The number of aromatic nitrogens is 1. The Morgan fingerprint density at radius 1 is 1.00 bits per heavy atom. The van der Waals surface area contributed by atoms with E-state index in [2.05, 4.69) is 16.6 Å². The average Bonchev–Trinajstić information content (AvgIpc) is 3.11. The summed E-state index contributed by atoms with van der Waals surface area (Å²) in [5, 5.41) is 1.81. The SMILES string of the molecule is CCCc1ccc(S(=O)(=O)Nc2ccc(-c3nc4ccc(Cl)cc4s3)c(Cl)c2)cc1. The van der Waals surface area contributed by atoms with Crippen LogP contribution in [0.4, 0.5) is 5.69 Å². The van der Waals surface area contributed by atoms with Crippen LogP contribution in [-0.4, -0.2) is 13.4 Å². The minimum Gasteiger partial charge on any atom is -0.280 e. The van der Waals surface area contributed by atoms with Crippen molar-refractivity contribution in [2.45, 2.75) is 24.7 Å². The Bertz CT molecular complexity index is 1320. The Balaban J connectivity index is 1.59. The minimum atomic E-state index is -3.70. The molecule has 4 aromatic rings. The van der Waals surface area contributed by atoms with Crippen LogP contribution in [0.5, 0.6) is 0 Å². The van der Waals surface area contributed by atoms with Gasteiger partial charge in [0.15, 0.2) is 0 Å². The molecule has 0 fully saturated rings. The van der Waals surface area contributed by atoms with Crippen LogP contribution < -0.4 is 4.72 Å². The van der Waals surface area contributed by atoms with Gasteiger partial charge in [0.2, 0.25) is 0 Å². The van der Waals surface area contributed by atoms with Crippen LogP contribution in [0, 0.1) is 0 Å². The average molecular weight is 477 g/mol. The minimum absolute atomic E-state index is 0.214. The summed E-state index contributed by atoms with van der Waals surface area (Å²) in [6.45, 7) is 2.09. The maximum absolute atomic E-state index is 12.7. The van der Waals surface area contributed by atoms with Gasteiger partial charge in [-0.15, -0.1) is 11.3 Å². The fourth-order valence-corrected chi connectivity index (χ4v) is 5.76. The number of halogens is 2. The topological polar surface area (TPSA) is 59.1 Å². The predicted octanol–water partition coefficient (Wildman–Crippen LogP) is 7.02. The number of nitrogens with zero attached hydrogens (tertiary/aromatic N) is 1. The lowest BCUT2D eigenvalue weighted by molar-refractivity contribution is 0.601. The molecular weight excluding hydrogens is 459 g/mol. The third-order valence-electron chi connectivity index (χ3n) is 4.57. The molecule has 0 atom stereocenters. The number of benzene rings is 3. The highest BCUT2D eigenvalue weighted by molar-refractivity contribution is 7.92. The number of sulfonamides is 1. The van der Waals surface area contributed by atoms with E-state index in [0.29, 0.717) is 15.7 Å². The molecule has 0 spiro atoms. The van der Waals surface area contributed by atoms with E-state index in [9.17, 15) is 8.42 Å². The van der Waals surface area contributed by atoms with Crippen molar-refractivity contribution in [2.75, 3.05) is 4.72 Å². The van der Waals surface area contributed by atoms with Gasteiger partial charge in [-0.3, -0.25) is 4.72 Å². The maximum atomic E-state index is 12.7. The van der Waals surface area contributed by atoms with Crippen molar-refractivity contribution in [1.82, 2.24) is 4.98 Å². The van der Waals surface area contributed by atoms with Crippen molar-refractivity contribution in [1.29, 1.82) is 0 Å². The van der Waals surface area contributed by atoms with Crippen LogP contribution in [0.1, 0.15) is 18.9 Å². The van der Waals surface area contributed by atoms with E-state index in [4.69, 9.17) is 23.2 Å². The van der Waals surface area contributed by atoms with Gasteiger partial charge in [-0.2, -0.15) is 0 Å². The molecule has 154 valence electrons. The predicted molar refractivity (Wildman–Crippen MR) is 126 cm³/mol. The molecule has 0 aliphatic rings. The molecule has 0 aliphatic carbocycles. The zero-order valence-corrected chi connectivity index (χ0v) is 19.2. The smallest absolute Gasteiger partial charge is 0.261 e. The Kier molecular flexibility index (Phi) is 6.02. The molecule has 0 aliphatic heterocycles. The van der Waals surface area contributed by atoms with Gasteiger partial charge in [0.25, 0.3) is 10.0 Å². The van der Waals surface area contributed by atoms with Gasteiger partial charge in [-0.25, -0.2) is 13.4 Å². The van der Waals surface area contributed by atoms with Gasteiger partial charge in [-0.05, 0) is 60.5 Å². The van der Waals surface area contributed by atoms with E-state index in [0.717, 1.165) is 39.2 Å². The molecule has 30 heavy (non-hydrogen) atoms. The number of fused-ring (bicyclic) bond motifs is 1. The molecule has 0 amide bonds. The zero-order chi connectivity index (χ0) is 21.3. The number of anilines is 1. The second kappa shape index (κ2) is 8.55. The Labute approximate surface area is 189 Å². The van der Waals surface area contributed by atoms with Gasteiger partial charge in [0, 0.05) is 10.6 Å². The van der Waals surface area contributed by atoms with Gasteiger partial charge < -0.3 is 0 Å². The molecule has 0 saturated heterocycles. The maximum Gasteiger partial charge on any atom is 0.261 e. The van der Waals surface area contributed by atoms with E-state index in [1.807, 2.05) is 24.3 Å². The summed E-state index contributed by atoms with van der Waals surface area (Å²) in [7, 11) is -3.70. The Hall–Kier alpha value is -2.12. The number of rotatable bonds is 6. The van der Waals surface area contributed by atoms with E-state index < -0.39 is 10.0 Å². The molecule has 3 aromatic carbocycles. The fourth-order valence-electron chi connectivity index (χ4n) is 3.10. The lowest BCUT2D eigenvalue weighted by Crippen LogP contribution is -2.13. The number of aryl methyl sites for hydroxylation is 1. The molecule has 1 aromatic heterocycles. The van der Waals surface area contributed by atoms with Gasteiger partial charge in [0.05, 0.1) is 25.8 Å². The number of nitrogens with one attached hydrogen (secondary N) is 1. The second-order valence-corrected chi connectivity index (χ2v) is 10.4. The van der Waals surface area contributed by atoms with Crippen molar-refractivity contribution in [3.8, 4) is 10.6 Å². The summed E-state index contributed by atoms with van der Waals surface area (Å²) < 4.78 is 29.0. The molecule has 4 rings (SSSR count). The van der Waals surface area contributed by atoms with Crippen LogP contribution in [0.15, 0.2) is 65.6 Å². The van der Waals surface area contributed by atoms with E-state index in [1.54, 1.807) is 36.4 Å².